The van der Waals surface area contributed by atoms with E-state index in [4.69, 9.17) is 4.74 Å². The van der Waals surface area contributed by atoms with Crippen molar-refractivity contribution >= 4 is 16.0 Å². The van der Waals surface area contributed by atoms with Gasteiger partial charge >= 0.3 is 0 Å². The van der Waals surface area contributed by atoms with Crippen LogP contribution < -0.4 is 14.4 Å². The summed E-state index contributed by atoms with van der Waals surface area (Å²) in [6, 6.07) is -0.0601. The number of methoxy groups -OCH3 is 1. The van der Waals surface area contributed by atoms with Gasteiger partial charge in [0.25, 0.3) is 0 Å². The Bertz CT molecular complexity index is 586. The van der Waals surface area contributed by atoms with Crippen molar-refractivity contribution in [1.82, 2.24) is 14.7 Å². The summed E-state index contributed by atoms with van der Waals surface area (Å²) < 4.78 is 31.9. The molecule has 1 saturated heterocycles. The fourth-order valence-corrected chi connectivity index (χ4v) is 4.15. The summed E-state index contributed by atoms with van der Waals surface area (Å²) in [5.41, 5.74) is 0. The highest BCUT2D eigenvalue weighted by molar-refractivity contribution is 7.90. The van der Waals surface area contributed by atoms with Crippen molar-refractivity contribution < 1.29 is 13.2 Å². The zero-order valence-corrected chi connectivity index (χ0v) is 12.8. The monoisotopic (exact) mass is 312 g/mol. The molecule has 1 atom stereocenters. The van der Waals surface area contributed by atoms with E-state index < -0.39 is 10.0 Å². The third kappa shape index (κ3) is 3.44. The maximum atomic E-state index is 12.0. The first-order valence-corrected chi connectivity index (χ1v) is 8.75. The van der Waals surface area contributed by atoms with Crippen molar-refractivity contribution in [2.24, 2.45) is 0 Å². The molecule has 1 aromatic rings. The van der Waals surface area contributed by atoms with Crippen molar-refractivity contribution in [2.75, 3.05) is 25.1 Å². The summed E-state index contributed by atoms with van der Waals surface area (Å²) in [4.78, 5) is 10.5. The molecule has 2 aliphatic rings. The Hall–Kier alpha value is -1.41. The Morgan fingerprint density at radius 2 is 2.00 bits per heavy atom. The number of anilines is 1. The quantitative estimate of drug-likeness (QED) is 0.854. The molecule has 1 saturated carbocycles. The lowest BCUT2D eigenvalue weighted by molar-refractivity contribution is 0.410. The lowest BCUT2D eigenvalue weighted by Gasteiger charge is -2.33. The lowest BCUT2D eigenvalue weighted by atomic mass is 10.1. The Kier molecular flexibility index (Phi) is 3.99. The van der Waals surface area contributed by atoms with E-state index in [2.05, 4.69) is 14.7 Å². The van der Waals surface area contributed by atoms with Gasteiger partial charge in [-0.2, -0.15) is 0 Å². The smallest absolute Gasteiger partial charge is 0.225 e. The van der Waals surface area contributed by atoms with Crippen LogP contribution in [-0.4, -0.2) is 49.9 Å². The number of piperidine rings is 1. The third-order valence-corrected chi connectivity index (χ3v) is 5.86. The lowest BCUT2D eigenvalue weighted by Crippen LogP contribution is -2.49. The molecule has 1 unspecified atom stereocenters. The molecule has 0 bridgehead atoms. The predicted octanol–water partition coefficient (Wildman–Crippen LogP) is 0.536. The first-order valence-electron chi connectivity index (χ1n) is 7.20. The summed E-state index contributed by atoms with van der Waals surface area (Å²) in [5, 5.41) is -0.176. The van der Waals surface area contributed by atoms with Gasteiger partial charge in [0.05, 0.1) is 24.8 Å². The number of sulfonamides is 1. The van der Waals surface area contributed by atoms with Crippen molar-refractivity contribution in [3.05, 3.63) is 12.4 Å². The van der Waals surface area contributed by atoms with Gasteiger partial charge in [-0.1, -0.05) is 0 Å². The standard InChI is InChI=1S/C13H20N4O3S/c1-20-11-7-14-13(15-8-11)17-6-2-3-10(9-17)16-21(18,19)12-4-5-12/h7-8,10,12,16H,2-6,9H2,1H3. The molecule has 0 aromatic carbocycles. The van der Waals surface area contributed by atoms with Gasteiger partial charge in [-0.3, -0.25) is 0 Å². The fraction of sp³-hybridized carbons (Fsp3) is 0.692. The summed E-state index contributed by atoms with van der Waals surface area (Å²) in [5.74, 6) is 1.23. The normalized spacial score (nSPS) is 23.1. The molecule has 8 heteroatoms. The van der Waals surface area contributed by atoms with Gasteiger partial charge in [0.15, 0.2) is 5.75 Å². The van der Waals surface area contributed by atoms with Gasteiger partial charge in [0.2, 0.25) is 16.0 Å². The number of rotatable bonds is 5. The molecule has 116 valence electrons. The Morgan fingerprint density at radius 1 is 1.29 bits per heavy atom. The van der Waals surface area contributed by atoms with Crippen LogP contribution in [0, 0.1) is 0 Å². The van der Waals surface area contributed by atoms with E-state index in [1.807, 2.05) is 4.90 Å². The summed E-state index contributed by atoms with van der Waals surface area (Å²) in [6.45, 7) is 1.45. The van der Waals surface area contributed by atoms with Crippen LogP contribution >= 0.6 is 0 Å². The highest BCUT2D eigenvalue weighted by atomic mass is 32.2. The number of nitrogens with one attached hydrogen (secondary N) is 1. The number of hydrogen-bond donors (Lipinski definition) is 1. The molecule has 1 aliphatic heterocycles. The van der Waals surface area contributed by atoms with E-state index in [0.717, 1.165) is 32.2 Å². The first kappa shape index (κ1) is 14.5. The van der Waals surface area contributed by atoms with E-state index in [9.17, 15) is 8.42 Å². The van der Waals surface area contributed by atoms with Crippen molar-refractivity contribution in [3.63, 3.8) is 0 Å². The molecule has 3 rings (SSSR count). The Balaban J connectivity index is 1.64. The average molecular weight is 312 g/mol. The van der Waals surface area contributed by atoms with E-state index in [0.29, 0.717) is 18.2 Å². The minimum atomic E-state index is -3.14. The van der Waals surface area contributed by atoms with Crippen LogP contribution in [-0.2, 0) is 10.0 Å². The molecular weight excluding hydrogens is 292 g/mol. The van der Waals surface area contributed by atoms with Gasteiger partial charge in [-0.05, 0) is 25.7 Å². The maximum Gasteiger partial charge on any atom is 0.225 e. The number of nitrogens with zero attached hydrogens (tertiary/aromatic N) is 3. The van der Waals surface area contributed by atoms with Gasteiger partial charge in [-0.15, -0.1) is 0 Å². The third-order valence-electron chi connectivity index (χ3n) is 3.85. The number of ether oxygens (including phenoxy) is 1. The van der Waals surface area contributed by atoms with Crippen molar-refractivity contribution in [1.29, 1.82) is 0 Å². The molecule has 2 heterocycles. The van der Waals surface area contributed by atoms with Crippen LogP contribution in [0.15, 0.2) is 12.4 Å². The summed E-state index contributed by atoms with van der Waals surface area (Å²) in [6.07, 6.45) is 6.60. The summed E-state index contributed by atoms with van der Waals surface area (Å²) >= 11 is 0. The predicted molar refractivity (Wildman–Crippen MR) is 78.9 cm³/mol. The average Bonchev–Trinajstić information content (AvgIpc) is 3.32. The molecule has 2 fully saturated rings. The molecule has 7 nitrogen and oxygen atoms in total. The second kappa shape index (κ2) is 5.76. The molecule has 1 N–H and O–H groups in total. The minimum Gasteiger partial charge on any atom is -0.494 e. The van der Waals surface area contributed by atoms with Crippen LogP contribution in [0.1, 0.15) is 25.7 Å². The first-order chi connectivity index (χ1) is 10.1. The second-order valence-electron chi connectivity index (χ2n) is 5.57. The van der Waals surface area contributed by atoms with Gasteiger partial charge in [0, 0.05) is 19.1 Å². The van der Waals surface area contributed by atoms with Crippen LogP contribution in [0.5, 0.6) is 5.75 Å². The largest absolute Gasteiger partial charge is 0.494 e. The molecule has 0 radical (unpaired) electrons. The van der Waals surface area contributed by atoms with Crippen LogP contribution in [0.2, 0.25) is 0 Å². The van der Waals surface area contributed by atoms with E-state index >= 15 is 0 Å². The molecule has 21 heavy (non-hydrogen) atoms. The van der Waals surface area contributed by atoms with Gasteiger partial charge in [0.1, 0.15) is 0 Å². The number of aromatic nitrogens is 2. The van der Waals surface area contributed by atoms with Crippen molar-refractivity contribution in [3.8, 4) is 5.75 Å². The van der Waals surface area contributed by atoms with Crippen LogP contribution in [0.4, 0.5) is 5.95 Å². The zero-order chi connectivity index (χ0) is 14.9. The number of hydrogen-bond acceptors (Lipinski definition) is 6. The highest BCUT2D eigenvalue weighted by Crippen LogP contribution is 2.28. The van der Waals surface area contributed by atoms with Crippen LogP contribution in [0.3, 0.4) is 0 Å². The van der Waals surface area contributed by atoms with E-state index in [1.165, 1.54) is 0 Å². The molecular formula is C13H20N4O3S. The van der Waals surface area contributed by atoms with E-state index in [1.54, 1.807) is 19.5 Å². The zero-order valence-electron chi connectivity index (χ0n) is 12.0. The highest BCUT2D eigenvalue weighted by Gasteiger charge is 2.37. The Morgan fingerprint density at radius 3 is 2.62 bits per heavy atom. The SMILES string of the molecule is COc1cnc(N2CCCC(NS(=O)(=O)C3CC3)C2)nc1. The molecule has 1 aromatic heterocycles. The maximum absolute atomic E-state index is 12.0. The van der Waals surface area contributed by atoms with Crippen LogP contribution in [0.25, 0.3) is 0 Å². The van der Waals surface area contributed by atoms with Crippen molar-refractivity contribution in [2.45, 2.75) is 37.0 Å². The fourth-order valence-electron chi connectivity index (χ4n) is 2.54. The summed E-state index contributed by atoms with van der Waals surface area (Å²) in [7, 11) is -1.57. The van der Waals surface area contributed by atoms with E-state index in [-0.39, 0.29) is 11.3 Å². The molecule has 0 spiro atoms. The minimum absolute atomic E-state index is 0.0601. The van der Waals surface area contributed by atoms with Gasteiger partial charge < -0.3 is 9.64 Å². The Labute approximate surface area is 124 Å². The second-order valence-corrected chi connectivity index (χ2v) is 7.56. The van der Waals surface area contributed by atoms with Gasteiger partial charge in [-0.25, -0.2) is 23.1 Å². The topological polar surface area (TPSA) is 84.4 Å². The molecule has 1 aliphatic carbocycles. The molecule has 0 amide bonds.